The zero-order chi connectivity index (χ0) is 12.3. The summed E-state index contributed by atoms with van der Waals surface area (Å²) in [5.41, 5.74) is 1.39. The number of para-hydroxylation sites is 1. The molecule has 2 rings (SSSR count). The standard InChI is InChI=1S/C14H11N3/c1-3-10(2)16-14-8-11(9-15)12-6-4-5-7-13(12)17-14/h1,4-8,10H,2H3,(H,16,17). The molecule has 1 unspecified atom stereocenters. The number of hydrogen-bond donors (Lipinski definition) is 1. The Balaban J connectivity index is 2.54. The van der Waals surface area contributed by atoms with Crippen molar-refractivity contribution in [3.8, 4) is 18.4 Å². The van der Waals surface area contributed by atoms with E-state index in [1.165, 1.54) is 0 Å². The van der Waals surface area contributed by atoms with E-state index >= 15 is 0 Å². The van der Waals surface area contributed by atoms with Gasteiger partial charge in [-0.25, -0.2) is 4.98 Å². The van der Waals surface area contributed by atoms with Crippen LogP contribution in [-0.4, -0.2) is 11.0 Å². The monoisotopic (exact) mass is 221 g/mol. The molecule has 0 saturated heterocycles. The SMILES string of the molecule is C#CC(C)Nc1cc(C#N)c2ccccc2n1. The average molecular weight is 221 g/mol. The molecule has 0 amide bonds. The molecule has 0 aliphatic heterocycles. The predicted octanol–water partition coefficient (Wildman–Crippen LogP) is 2.54. The number of nitrogens with zero attached hydrogens (tertiary/aromatic N) is 2. The van der Waals surface area contributed by atoms with Gasteiger partial charge < -0.3 is 5.32 Å². The van der Waals surface area contributed by atoms with Gasteiger partial charge in [-0.1, -0.05) is 24.1 Å². The van der Waals surface area contributed by atoms with Gasteiger partial charge in [-0.15, -0.1) is 6.42 Å². The lowest BCUT2D eigenvalue weighted by atomic mass is 10.1. The molecular weight excluding hydrogens is 210 g/mol. The summed E-state index contributed by atoms with van der Waals surface area (Å²) in [6.45, 7) is 1.86. The summed E-state index contributed by atoms with van der Waals surface area (Å²) >= 11 is 0. The van der Waals surface area contributed by atoms with Gasteiger partial charge in [0.25, 0.3) is 0 Å². The van der Waals surface area contributed by atoms with E-state index in [9.17, 15) is 0 Å². The van der Waals surface area contributed by atoms with Crippen molar-refractivity contribution >= 4 is 16.7 Å². The van der Waals surface area contributed by atoms with Crippen LogP contribution in [0.3, 0.4) is 0 Å². The summed E-state index contributed by atoms with van der Waals surface area (Å²) in [7, 11) is 0. The van der Waals surface area contributed by atoms with Gasteiger partial charge >= 0.3 is 0 Å². The predicted molar refractivity (Wildman–Crippen MR) is 68.4 cm³/mol. The average Bonchev–Trinajstić information content (AvgIpc) is 2.37. The van der Waals surface area contributed by atoms with Crippen LogP contribution in [0, 0.1) is 23.7 Å². The molecule has 1 N–H and O–H groups in total. The van der Waals surface area contributed by atoms with E-state index in [1.807, 2.05) is 31.2 Å². The Morgan fingerprint density at radius 1 is 1.41 bits per heavy atom. The van der Waals surface area contributed by atoms with Gasteiger partial charge in [0.15, 0.2) is 0 Å². The maximum atomic E-state index is 9.11. The summed E-state index contributed by atoms with van der Waals surface area (Å²) in [6.07, 6.45) is 5.30. The molecule has 82 valence electrons. The lowest BCUT2D eigenvalue weighted by Gasteiger charge is -2.10. The summed E-state index contributed by atoms with van der Waals surface area (Å²) in [6, 6.07) is 11.3. The Morgan fingerprint density at radius 3 is 2.88 bits per heavy atom. The minimum Gasteiger partial charge on any atom is -0.357 e. The van der Waals surface area contributed by atoms with E-state index in [2.05, 4.69) is 22.3 Å². The zero-order valence-electron chi connectivity index (χ0n) is 9.44. The van der Waals surface area contributed by atoms with Crippen molar-refractivity contribution < 1.29 is 0 Å². The highest BCUT2D eigenvalue weighted by molar-refractivity contribution is 5.86. The smallest absolute Gasteiger partial charge is 0.128 e. The van der Waals surface area contributed by atoms with Crippen molar-refractivity contribution in [2.75, 3.05) is 5.32 Å². The number of nitriles is 1. The molecule has 0 spiro atoms. The van der Waals surface area contributed by atoms with E-state index in [0.717, 1.165) is 10.9 Å². The highest BCUT2D eigenvalue weighted by Gasteiger charge is 2.06. The normalized spacial score (nSPS) is 11.5. The highest BCUT2D eigenvalue weighted by atomic mass is 15.0. The molecule has 1 heterocycles. The van der Waals surface area contributed by atoms with E-state index in [0.29, 0.717) is 11.4 Å². The molecule has 0 bridgehead atoms. The molecule has 17 heavy (non-hydrogen) atoms. The largest absolute Gasteiger partial charge is 0.357 e. The number of fused-ring (bicyclic) bond motifs is 1. The fourth-order valence-electron chi connectivity index (χ4n) is 1.61. The van der Waals surface area contributed by atoms with Crippen LogP contribution in [0.25, 0.3) is 10.9 Å². The molecular formula is C14H11N3. The quantitative estimate of drug-likeness (QED) is 0.793. The molecule has 3 heteroatoms. The van der Waals surface area contributed by atoms with Crippen LogP contribution < -0.4 is 5.32 Å². The van der Waals surface area contributed by atoms with Crippen molar-refractivity contribution in [2.24, 2.45) is 0 Å². The molecule has 0 radical (unpaired) electrons. The molecule has 3 nitrogen and oxygen atoms in total. The number of aromatic nitrogens is 1. The first-order valence-corrected chi connectivity index (χ1v) is 5.27. The van der Waals surface area contributed by atoms with Gasteiger partial charge in [0.05, 0.1) is 23.2 Å². The summed E-state index contributed by atoms with van der Waals surface area (Å²) in [5, 5.41) is 13.0. The zero-order valence-corrected chi connectivity index (χ0v) is 9.44. The van der Waals surface area contributed by atoms with Crippen LogP contribution in [0.4, 0.5) is 5.82 Å². The number of pyridine rings is 1. The molecule has 0 saturated carbocycles. The lowest BCUT2D eigenvalue weighted by molar-refractivity contribution is 1.02. The Hall–Kier alpha value is -2.52. The Labute approximate surface area is 100 Å². The van der Waals surface area contributed by atoms with Gasteiger partial charge in [0.1, 0.15) is 5.82 Å². The second kappa shape index (κ2) is 4.55. The third kappa shape index (κ3) is 2.19. The fraction of sp³-hybridized carbons (Fsp3) is 0.143. The van der Waals surface area contributed by atoms with Crippen LogP contribution in [0.2, 0.25) is 0 Å². The van der Waals surface area contributed by atoms with Crippen molar-refractivity contribution in [3.63, 3.8) is 0 Å². The van der Waals surface area contributed by atoms with Crippen LogP contribution in [-0.2, 0) is 0 Å². The van der Waals surface area contributed by atoms with E-state index in [-0.39, 0.29) is 6.04 Å². The van der Waals surface area contributed by atoms with Gasteiger partial charge in [-0.3, -0.25) is 0 Å². The van der Waals surface area contributed by atoms with E-state index < -0.39 is 0 Å². The van der Waals surface area contributed by atoms with E-state index in [1.54, 1.807) is 6.07 Å². The van der Waals surface area contributed by atoms with Crippen LogP contribution in [0.15, 0.2) is 30.3 Å². The Bertz CT molecular complexity index is 632. The van der Waals surface area contributed by atoms with Crippen molar-refractivity contribution in [2.45, 2.75) is 13.0 Å². The Morgan fingerprint density at radius 2 is 2.18 bits per heavy atom. The molecule has 0 aliphatic carbocycles. The van der Waals surface area contributed by atoms with Crippen LogP contribution in [0.5, 0.6) is 0 Å². The van der Waals surface area contributed by atoms with Crippen molar-refractivity contribution in [3.05, 3.63) is 35.9 Å². The number of terminal acetylenes is 1. The molecule has 1 aromatic carbocycles. The van der Waals surface area contributed by atoms with Gasteiger partial charge in [0.2, 0.25) is 0 Å². The molecule has 0 fully saturated rings. The third-order valence-electron chi connectivity index (χ3n) is 2.45. The second-order valence-electron chi connectivity index (χ2n) is 3.72. The molecule has 0 aliphatic rings. The molecule has 1 atom stereocenters. The third-order valence-corrected chi connectivity index (χ3v) is 2.45. The maximum absolute atomic E-state index is 9.11. The van der Waals surface area contributed by atoms with Crippen molar-refractivity contribution in [1.29, 1.82) is 5.26 Å². The molecule has 2 aromatic rings. The maximum Gasteiger partial charge on any atom is 0.128 e. The minimum atomic E-state index is -0.116. The lowest BCUT2D eigenvalue weighted by Crippen LogP contribution is -2.13. The first-order chi connectivity index (χ1) is 8.24. The number of benzene rings is 1. The second-order valence-corrected chi connectivity index (χ2v) is 3.72. The van der Waals surface area contributed by atoms with Crippen LogP contribution in [0.1, 0.15) is 12.5 Å². The summed E-state index contributed by atoms with van der Waals surface area (Å²) in [4.78, 5) is 4.41. The number of hydrogen-bond acceptors (Lipinski definition) is 3. The van der Waals surface area contributed by atoms with Crippen LogP contribution >= 0.6 is 0 Å². The number of anilines is 1. The van der Waals surface area contributed by atoms with Gasteiger partial charge in [0, 0.05) is 5.39 Å². The Kier molecular flexibility index (Phi) is 2.94. The first kappa shape index (κ1) is 11.0. The summed E-state index contributed by atoms with van der Waals surface area (Å²) in [5.74, 6) is 3.20. The van der Waals surface area contributed by atoms with Gasteiger partial charge in [-0.05, 0) is 19.1 Å². The fourth-order valence-corrected chi connectivity index (χ4v) is 1.61. The number of nitrogens with one attached hydrogen (secondary N) is 1. The topological polar surface area (TPSA) is 48.7 Å². The van der Waals surface area contributed by atoms with Crippen molar-refractivity contribution in [1.82, 2.24) is 4.98 Å². The molecule has 1 aromatic heterocycles. The van der Waals surface area contributed by atoms with E-state index in [4.69, 9.17) is 11.7 Å². The van der Waals surface area contributed by atoms with Gasteiger partial charge in [-0.2, -0.15) is 5.26 Å². The number of rotatable bonds is 2. The minimum absolute atomic E-state index is 0.116. The first-order valence-electron chi connectivity index (χ1n) is 5.27. The summed E-state index contributed by atoms with van der Waals surface area (Å²) < 4.78 is 0. The highest BCUT2D eigenvalue weighted by Crippen LogP contribution is 2.20.